The van der Waals surface area contributed by atoms with Crippen molar-refractivity contribution in [3.8, 4) is 0 Å². The molecule has 0 heterocycles. The maximum atomic E-state index is 11.8. The molecule has 1 rings (SSSR count). The lowest BCUT2D eigenvalue weighted by molar-refractivity contribution is 0.0852. The van der Waals surface area contributed by atoms with Crippen LogP contribution in [-0.4, -0.2) is 33.5 Å². The molecule has 1 N–H and O–H groups in total. The van der Waals surface area contributed by atoms with Gasteiger partial charge in [-0.25, -0.2) is 8.42 Å². The standard InChI is InChI=1S/C16H33NO2S/c1-6-20(18,19)12-11-16(13-17-5)9-7-14(8-10-16)15(2,3)4/h14,17H,6-13H2,1-5H3. The van der Waals surface area contributed by atoms with E-state index in [0.717, 1.165) is 31.7 Å². The third-order valence-corrected chi connectivity index (χ3v) is 6.91. The smallest absolute Gasteiger partial charge is 0.150 e. The molecule has 0 radical (unpaired) electrons. The fourth-order valence-electron chi connectivity index (χ4n) is 3.50. The van der Waals surface area contributed by atoms with Gasteiger partial charge in [0.15, 0.2) is 0 Å². The molecule has 0 atom stereocenters. The van der Waals surface area contributed by atoms with Crippen LogP contribution in [0.4, 0.5) is 0 Å². The van der Waals surface area contributed by atoms with Crippen LogP contribution in [-0.2, 0) is 9.84 Å². The van der Waals surface area contributed by atoms with Crippen molar-refractivity contribution in [3.05, 3.63) is 0 Å². The Labute approximate surface area is 125 Å². The molecular formula is C16H33NO2S. The van der Waals surface area contributed by atoms with Gasteiger partial charge in [0.05, 0.1) is 5.75 Å². The lowest BCUT2D eigenvalue weighted by atomic mass is 9.63. The number of nitrogens with one attached hydrogen (secondary N) is 1. The minimum Gasteiger partial charge on any atom is -0.319 e. The molecule has 120 valence electrons. The van der Waals surface area contributed by atoms with Crippen LogP contribution in [0.3, 0.4) is 0 Å². The van der Waals surface area contributed by atoms with Gasteiger partial charge >= 0.3 is 0 Å². The maximum absolute atomic E-state index is 11.8. The SMILES string of the molecule is CCS(=O)(=O)CCC1(CNC)CCC(C(C)(C)C)CC1. The topological polar surface area (TPSA) is 46.2 Å². The first kappa shape index (κ1) is 18.0. The Balaban J connectivity index is 2.67. The van der Waals surface area contributed by atoms with E-state index in [-0.39, 0.29) is 11.2 Å². The maximum Gasteiger partial charge on any atom is 0.150 e. The van der Waals surface area contributed by atoms with Gasteiger partial charge in [0, 0.05) is 12.3 Å². The molecule has 0 saturated heterocycles. The monoisotopic (exact) mass is 303 g/mol. The Morgan fingerprint density at radius 3 is 2.15 bits per heavy atom. The van der Waals surface area contributed by atoms with Crippen molar-refractivity contribution in [1.82, 2.24) is 5.32 Å². The Hall–Kier alpha value is -0.0900. The molecule has 0 aliphatic heterocycles. The average molecular weight is 304 g/mol. The van der Waals surface area contributed by atoms with Gasteiger partial charge in [-0.3, -0.25) is 0 Å². The summed E-state index contributed by atoms with van der Waals surface area (Å²) >= 11 is 0. The van der Waals surface area contributed by atoms with E-state index in [4.69, 9.17) is 0 Å². The average Bonchev–Trinajstić information content (AvgIpc) is 2.37. The van der Waals surface area contributed by atoms with Crippen molar-refractivity contribution in [2.75, 3.05) is 25.1 Å². The molecular weight excluding hydrogens is 270 g/mol. The molecule has 0 amide bonds. The Morgan fingerprint density at radius 2 is 1.75 bits per heavy atom. The molecule has 1 saturated carbocycles. The van der Waals surface area contributed by atoms with Gasteiger partial charge in [-0.15, -0.1) is 0 Å². The van der Waals surface area contributed by atoms with Gasteiger partial charge in [0.1, 0.15) is 9.84 Å². The number of sulfone groups is 1. The van der Waals surface area contributed by atoms with Crippen LogP contribution in [0.15, 0.2) is 0 Å². The van der Waals surface area contributed by atoms with Crippen LogP contribution in [0.1, 0.15) is 59.8 Å². The molecule has 20 heavy (non-hydrogen) atoms. The lowest BCUT2D eigenvalue weighted by Crippen LogP contribution is -2.40. The quantitative estimate of drug-likeness (QED) is 0.819. The summed E-state index contributed by atoms with van der Waals surface area (Å²) in [6.45, 7) is 9.67. The summed E-state index contributed by atoms with van der Waals surface area (Å²) in [6, 6.07) is 0. The molecule has 0 bridgehead atoms. The van der Waals surface area contributed by atoms with E-state index in [0.29, 0.717) is 11.2 Å². The fourth-order valence-corrected chi connectivity index (χ4v) is 4.54. The highest BCUT2D eigenvalue weighted by Gasteiger charge is 2.38. The minimum atomic E-state index is -2.85. The molecule has 4 heteroatoms. The van der Waals surface area contributed by atoms with Gasteiger partial charge < -0.3 is 5.32 Å². The minimum absolute atomic E-state index is 0.193. The molecule has 1 fully saturated rings. The zero-order valence-corrected chi connectivity index (χ0v) is 14.8. The first-order valence-corrected chi connectivity index (χ1v) is 9.81. The second-order valence-electron chi connectivity index (χ2n) is 7.66. The van der Waals surface area contributed by atoms with Crippen molar-refractivity contribution >= 4 is 9.84 Å². The van der Waals surface area contributed by atoms with Gasteiger partial charge in [0.2, 0.25) is 0 Å². The van der Waals surface area contributed by atoms with E-state index in [1.807, 2.05) is 7.05 Å². The zero-order chi connectivity index (χ0) is 15.4. The summed E-state index contributed by atoms with van der Waals surface area (Å²) in [6.07, 6.45) is 5.61. The summed E-state index contributed by atoms with van der Waals surface area (Å²) in [7, 11) is -0.867. The Morgan fingerprint density at radius 1 is 1.20 bits per heavy atom. The zero-order valence-electron chi connectivity index (χ0n) is 14.0. The van der Waals surface area contributed by atoms with E-state index < -0.39 is 9.84 Å². The highest BCUT2D eigenvalue weighted by Crippen LogP contribution is 2.46. The van der Waals surface area contributed by atoms with Crippen molar-refractivity contribution < 1.29 is 8.42 Å². The van der Waals surface area contributed by atoms with Crippen molar-refractivity contribution in [2.24, 2.45) is 16.7 Å². The van der Waals surface area contributed by atoms with E-state index in [9.17, 15) is 8.42 Å². The van der Waals surface area contributed by atoms with E-state index in [1.165, 1.54) is 12.8 Å². The molecule has 0 spiro atoms. The van der Waals surface area contributed by atoms with E-state index in [2.05, 4.69) is 26.1 Å². The van der Waals surface area contributed by atoms with Crippen LogP contribution in [0.5, 0.6) is 0 Å². The van der Waals surface area contributed by atoms with Crippen molar-refractivity contribution in [2.45, 2.75) is 59.8 Å². The summed E-state index contributed by atoms with van der Waals surface area (Å²) in [5.74, 6) is 1.40. The largest absolute Gasteiger partial charge is 0.319 e. The number of hydrogen-bond donors (Lipinski definition) is 1. The Bertz CT molecular complexity index is 387. The number of rotatable bonds is 6. The Kier molecular flexibility index (Phi) is 6.09. The molecule has 0 unspecified atom stereocenters. The van der Waals surface area contributed by atoms with Gasteiger partial charge in [0.25, 0.3) is 0 Å². The number of hydrogen-bond acceptors (Lipinski definition) is 3. The summed E-state index contributed by atoms with van der Waals surface area (Å²) in [4.78, 5) is 0. The first-order valence-electron chi connectivity index (χ1n) is 7.99. The molecule has 0 aromatic rings. The van der Waals surface area contributed by atoms with Gasteiger partial charge in [-0.2, -0.15) is 0 Å². The van der Waals surface area contributed by atoms with E-state index in [1.54, 1.807) is 6.92 Å². The highest BCUT2D eigenvalue weighted by atomic mass is 32.2. The molecule has 1 aliphatic rings. The predicted octanol–water partition coefficient (Wildman–Crippen LogP) is 3.25. The molecule has 0 aromatic carbocycles. The van der Waals surface area contributed by atoms with Crippen LogP contribution in [0.25, 0.3) is 0 Å². The lowest BCUT2D eigenvalue weighted by Gasteiger charge is -2.44. The third kappa shape index (κ3) is 5.03. The fraction of sp³-hybridized carbons (Fsp3) is 1.00. The highest BCUT2D eigenvalue weighted by molar-refractivity contribution is 7.91. The molecule has 0 aromatic heterocycles. The van der Waals surface area contributed by atoms with Crippen LogP contribution in [0, 0.1) is 16.7 Å². The molecule has 3 nitrogen and oxygen atoms in total. The summed E-state index contributed by atoms with van der Waals surface area (Å²) in [5, 5.41) is 3.29. The second kappa shape index (κ2) is 6.78. The second-order valence-corrected chi connectivity index (χ2v) is 10.1. The van der Waals surface area contributed by atoms with Crippen LogP contribution < -0.4 is 5.32 Å². The van der Waals surface area contributed by atoms with Gasteiger partial charge in [-0.05, 0) is 55.9 Å². The van der Waals surface area contributed by atoms with Crippen LogP contribution in [0.2, 0.25) is 0 Å². The summed E-state index contributed by atoms with van der Waals surface area (Å²) < 4.78 is 23.6. The van der Waals surface area contributed by atoms with Crippen molar-refractivity contribution in [1.29, 1.82) is 0 Å². The predicted molar refractivity (Wildman–Crippen MR) is 86.7 cm³/mol. The van der Waals surface area contributed by atoms with Gasteiger partial charge in [-0.1, -0.05) is 27.7 Å². The summed E-state index contributed by atoms with van der Waals surface area (Å²) in [5.41, 5.74) is 0.569. The van der Waals surface area contributed by atoms with Crippen molar-refractivity contribution in [3.63, 3.8) is 0 Å². The normalized spacial score (nSPS) is 28.6. The van der Waals surface area contributed by atoms with Crippen LogP contribution >= 0.6 is 0 Å². The van der Waals surface area contributed by atoms with E-state index >= 15 is 0 Å². The third-order valence-electron chi connectivity index (χ3n) is 5.21. The first-order chi connectivity index (χ1) is 9.14. The molecule has 1 aliphatic carbocycles.